The van der Waals surface area contributed by atoms with Gasteiger partial charge in [0.1, 0.15) is 0 Å². The van der Waals surface area contributed by atoms with E-state index in [4.69, 9.17) is 4.42 Å². The first kappa shape index (κ1) is 8.74. The van der Waals surface area contributed by atoms with Gasteiger partial charge in [0.05, 0.1) is 19.1 Å². The van der Waals surface area contributed by atoms with Crippen LogP contribution in [-0.4, -0.2) is 16.7 Å². The third kappa shape index (κ3) is 1.35. The van der Waals surface area contributed by atoms with Crippen LogP contribution in [0.1, 0.15) is 12.5 Å². The molecule has 72 valence electrons. The molecule has 1 aliphatic heterocycles. The van der Waals surface area contributed by atoms with Gasteiger partial charge in [0.25, 0.3) is 11.8 Å². The Hall–Kier alpha value is -1.84. The monoisotopic (exact) mass is 191 g/mol. The van der Waals surface area contributed by atoms with E-state index in [1.807, 2.05) is 0 Å². The lowest BCUT2D eigenvalue weighted by molar-refractivity contribution is -0.137. The van der Waals surface area contributed by atoms with Gasteiger partial charge in [-0.1, -0.05) is 0 Å². The number of imide groups is 1. The molecule has 2 heterocycles. The third-order valence-electron chi connectivity index (χ3n) is 2.11. The molecular weight excluding hydrogens is 182 g/mol. The number of carbonyl (C=O) groups is 2. The average Bonchev–Trinajstić information content (AvgIpc) is 2.71. The fourth-order valence-corrected chi connectivity index (χ4v) is 1.35. The summed E-state index contributed by atoms with van der Waals surface area (Å²) in [6, 6.07) is 1.73. The molecule has 1 aromatic heterocycles. The number of rotatable bonds is 2. The van der Waals surface area contributed by atoms with Crippen molar-refractivity contribution in [3.8, 4) is 0 Å². The van der Waals surface area contributed by atoms with Crippen molar-refractivity contribution in [1.29, 1.82) is 0 Å². The fourth-order valence-electron chi connectivity index (χ4n) is 1.35. The molecule has 0 N–H and O–H groups in total. The molecule has 2 amide bonds. The molecule has 0 aliphatic carbocycles. The molecule has 0 bridgehead atoms. The highest BCUT2D eigenvalue weighted by atomic mass is 16.3. The summed E-state index contributed by atoms with van der Waals surface area (Å²) in [5.74, 6) is -0.482. The molecule has 0 radical (unpaired) electrons. The minimum Gasteiger partial charge on any atom is -0.472 e. The Morgan fingerprint density at radius 2 is 2.21 bits per heavy atom. The Kier molecular flexibility index (Phi) is 1.96. The van der Waals surface area contributed by atoms with Crippen LogP contribution in [0.5, 0.6) is 0 Å². The fraction of sp³-hybridized carbons (Fsp3) is 0.200. The van der Waals surface area contributed by atoms with Crippen molar-refractivity contribution in [3.05, 3.63) is 35.8 Å². The van der Waals surface area contributed by atoms with Crippen LogP contribution in [0.4, 0.5) is 0 Å². The quantitative estimate of drug-likeness (QED) is 0.657. The van der Waals surface area contributed by atoms with Crippen LogP contribution >= 0.6 is 0 Å². The summed E-state index contributed by atoms with van der Waals surface area (Å²) in [6.07, 6.45) is 4.39. The summed E-state index contributed by atoms with van der Waals surface area (Å²) in [4.78, 5) is 24.0. The van der Waals surface area contributed by atoms with Crippen molar-refractivity contribution >= 4 is 11.8 Å². The van der Waals surface area contributed by atoms with Crippen LogP contribution in [0.25, 0.3) is 0 Å². The Labute approximate surface area is 80.8 Å². The second-order valence-electron chi connectivity index (χ2n) is 3.19. The van der Waals surface area contributed by atoms with E-state index >= 15 is 0 Å². The van der Waals surface area contributed by atoms with Gasteiger partial charge in [-0.3, -0.25) is 14.5 Å². The van der Waals surface area contributed by atoms with E-state index in [9.17, 15) is 9.59 Å². The topological polar surface area (TPSA) is 50.5 Å². The van der Waals surface area contributed by atoms with Crippen LogP contribution in [0.3, 0.4) is 0 Å². The SMILES string of the molecule is CC1=CC(=O)N(Cc2ccoc2)C1=O. The molecule has 4 heteroatoms. The van der Waals surface area contributed by atoms with E-state index in [0.29, 0.717) is 5.57 Å². The van der Waals surface area contributed by atoms with Crippen molar-refractivity contribution in [2.45, 2.75) is 13.5 Å². The molecule has 4 nitrogen and oxygen atoms in total. The molecule has 2 rings (SSSR count). The first-order valence-electron chi connectivity index (χ1n) is 4.23. The Morgan fingerprint density at radius 3 is 2.71 bits per heavy atom. The first-order valence-corrected chi connectivity index (χ1v) is 4.23. The van der Waals surface area contributed by atoms with Crippen molar-refractivity contribution in [2.24, 2.45) is 0 Å². The molecule has 0 aromatic carbocycles. The van der Waals surface area contributed by atoms with Gasteiger partial charge in [-0.25, -0.2) is 0 Å². The van der Waals surface area contributed by atoms with E-state index in [2.05, 4.69) is 0 Å². The second kappa shape index (κ2) is 3.14. The van der Waals surface area contributed by atoms with Gasteiger partial charge < -0.3 is 4.42 Å². The average molecular weight is 191 g/mol. The molecule has 0 unspecified atom stereocenters. The first-order chi connectivity index (χ1) is 6.68. The largest absolute Gasteiger partial charge is 0.472 e. The molecule has 0 saturated carbocycles. The molecule has 0 spiro atoms. The minimum atomic E-state index is -0.256. The number of carbonyl (C=O) groups excluding carboxylic acids is 2. The second-order valence-corrected chi connectivity index (χ2v) is 3.19. The summed E-state index contributed by atoms with van der Waals surface area (Å²) in [7, 11) is 0. The maximum absolute atomic E-state index is 11.4. The lowest BCUT2D eigenvalue weighted by atomic mass is 10.3. The summed E-state index contributed by atoms with van der Waals surface area (Å²) in [5.41, 5.74) is 1.30. The van der Waals surface area contributed by atoms with Gasteiger partial charge >= 0.3 is 0 Å². The molecule has 1 aromatic rings. The van der Waals surface area contributed by atoms with Gasteiger partial charge in [0.15, 0.2) is 0 Å². The maximum Gasteiger partial charge on any atom is 0.256 e. The van der Waals surface area contributed by atoms with Crippen LogP contribution in [0, 0.1) is 0 Å². The molecule has 0 fully saturated rings. The van der Waals surface area contributed by atoms with Gasteiger partial charge in [-0.05, 0) is 13.0 Å². The molecule has 0 saturated heterocycles. The lowest BCUT2D eigenvalue weighted by Crippen LogP contribution is -2.29. The highest BCUT2D eigenvalue weighted by molar-refractivity contribution is 6.15. The molecule has 0 atom stereocenters. The highest BCUT2D eigenvalue weighted by Gasteiger charge is 2.28. The number of furan rings is 1. The van der Waals surface area contributed by atoms with Crippen molar-refractivity contribution in [1.82, 2.24) is 4.90 Å². The Morgan fingerprint density at radius 1 is 1.43 bits per heavy atom. The van der Waals surface area contributed by atoms with Crippen LogP contribution < -0.4 is 0 Å². The van der Waals surface area contributed by atoms with Gasteiger partial charge in [-0.2, -0.15) is 0 Å². The lowest BCUT2D eigenvalue weighted by Gasteiger charge is -2.12. The summed E-state index contributed by atoms with van der Waals surface area (Å²) >= 11 is 0. The van der Waals surface area contributed by atoms with Crippen molar-refractivity contribution in [3.63, 3.8) is 0 Å². The van der Waals surface area contributed by atoms with Gasteiger partial charge in [0.2, 0.25) is 0 Å². The van der Waals surface area contributed by atoms with Gasteiger partial charge in [-0.15, -0.1) is 0 Å². The van der Waals surface area contributed by atoms with Crippen LogP contribution in [-0.2, 0) is 16.1 Å². The number of hydrogen-bond donors (Lipinski definition) is 0. The summed E-state index contributed by atoms with van der Waals surface area (Å²) in [6.45, 7) is 1.91. The predicted octanol–water partition coefficient (Wildman–Crippen LogP) is 1.09. The van der Waals surface area contributed by atoms with Gasteiger partial charge in [0, 0.05) is 17.2 Å². The summed E-state index contributed by atoms with van der Waals surface area (Å²) in [5, 5.41) is 0. The Balaban J connectivity index is 2.15. The zero-order valence-electron chi connectivity index (χ0n) is 7.69. The standard InChI is InChI=1S/C10H9NO3/c1-7-4-9(12)11(10(7)13)5-8-2-3-14-6-8/h2-4,6H,5H2,1H3. The minimum absolute atomic E-state index is 0.226. The van der Waals surface area contributed by atoms with Crippen LogP contribution in [0.2, 0.25) is 0 Å². The molecule has 1 aliphatic rings. The van der Waals surface area contributed by atoms with E-state index in [1.165, 1.54) is 23.5 Å². The third-order valence-corrected chi connectivity index (χ3v) is 2.11. The number of nitrogens with zero attached hydrogens (tertiary/aromatic N) is 1. The smallest absolute Gasteiger partial charge is 0.256 e. The number of amides is 2. The van der Waals surface area contributed by atoms with Crippen molar-refractivity contribution < 1.29 is 14.0 Å². The molecular formula is C10H9NO3. The van der Waals surface area contributed by atoms with Crippen LogP contribution in [0.15, 0.2) is 34.7 Å². The highest BCUT2D eigenvalue weighted by Crippen LogP contribution is 2.15. The number of hydrogen-bond acceptors (Lipinski definition) is 3. The zero-order chi connectivity index (χ0) is 10.1. The van der Waals surface area contributed by atoms with E-state index < -0.39 is 0 Å². The zero-order valence-corrected chi connectivity index (χ0v) is 7.69. The Bertz CT molecular complexity index is 403. The normalized spacial score (nSPS) is 16.4. The van der Waals surface area contributed by atoms with E-state index in [-0.39, 0.29) is 18.4 Å². The summed E-state index contributed by atoms with van der Waals surface area (Å²) < 4.78 is 4.86. The predicted molar refractivity (Wildman–Crippen MR) is 48.0 cm³/mol. The molecule has 14 heavy (non-hydrogen) atoms. The van der Waals surface area contributed by atoms with E-state index in [0.717, 1.165) is 5.56 Å². The van der Waals surface area contributed by atoms with E-state index in [1.54, 1.807) is 13.0 Å². The maximum atomic E-state index is 11.4. The van der Waals surface area contributed by atoms with Crippen molar-refractivity contribution in [2.75, 3.05) is 0 Å².